The molecular weight excluding hydrogens is 290 g/mol. The van der Waals surface area contributed by atoms with Crippen molar-refractivity contribution in [2.24, 2.45) is 0 Å². The molecule has 2 amide bonds. The van der Waals surface area contributed by atoms with Crippen LogP contribution in [-0.2, 0) is 6.54 Å². The summed E-state index contributed by atoms with van der Waals surface area (Å²) in [5.74, 6) is 1.14. The normalized spacial score (nSPS) is 19.5. The van der Waals surface area contributed by atoms with Crippen molar-refractivity contribution in [1.29, 1.82) is 0 Å². The zero-order valence-corrected chi connectivity index (χ0v) is 12.5. The van der Waals surface area contributed by atoms with E-state index in [1.807, 2.05) is 47.0 Å². The second kappa shape index (κ2) is 5.72. The number of nitrogens with zero attached hydrogens (tertiary/aromatic N) is 3. The Hall–Kier alpha value is -2.89. The molecule has 2 aromatic heterocycles. The molecule has 0 aliphatic heterocycles. The number of hydrogen-bond donors (Lipinski definition) is 2. The molecular formula is C17H17N5O. The third kappa shape index (κ3) is 2.88. The first kappa shape index (κ1) is 13.8. The first-order chi connectivity index (χ1) is 11.3. The Bertz CT molecular complexity index is 829. The van der Waals surface area contributed by atoms with E-state index in [-0.39, 0.29) is 12.1 Å². The van der Waals surface area contributed by atoms with Crippen LogP contribution in [0.5, 0.6) is 0 Å². The van der Waals surface area contributed by atoms with Crippen LogP contribution in [0.2, 0.25) is 0 Å². The molecule has 23 heavy (non-hydrogen) atoms. The van der Waals surface area contributed by atoms with Crippen LogP contribution in [0.4, 0.5) is 4.79 Å². The van der Waals surface area contributed by atoms with Crippen LogP contribution in [0.25, 0.3) is 5.65 Å². The predicted octanol–water partition coefficient (Wildman–Crippen LogP) is 2.08. The zero-order valence-electron chi connectivity index (χ0n) is 12.5. The number of carbonyl (C=O) groups excluding carboxylic acids is 1. The van der Waals surface area contributed by atoms with E-state index in [1.165, 1.54) is 5.56 Å². The second-order valence-corrected chi connectivity index (χ2v) is 5.73. The molecule has 2 N–H and O–H groups in total. The van der Waals surface area contributed by atoms with Gasteiger partial charge >= 0.3 is 6.03 Å². The van der Waals surface area contributed by atoms with Crippen LogP contribution in [-0.4, -0.2) is 26.7 Å². The maximum Gasteiger partial charge on any atom is 0.315 e. The van der Waals surface area contributed by atoms with Gasteiger partial charge in [-0.15, -0.1) is 10.2 Å². The summed E-state index contributed by atoms with van der Waals surface area (Å²) in [4.78, 5) is 12.0. The Morgan fingerprint density at radius 2 is 1.96 bits per heavy atom. The fourth-order valence-electron chi connectivity index (χ4n) is 2.81. The van der Waals surface area contributed by atoms with Gasteiger partial charge in [-0.05, 0) is 24.1 Å². The monoisotopic (exact) mass is 307 g/mol. The van der Waals surface area contributed by atoms with E-state index in [9.17, 15) is 4.79 Å². The van der Waals surface area contributed by atoms with Gasteiger partial charge in [-0.25, -0.2) is 4.79 Å². The highest BCUT2D eigenvalue weighted by Gasteiger charge is 2.39. The number of urea groups is 1. The lowest BCUT2D eigenvalue weighted by Crippen LogP contribution is -2.37. The van der Waals surface area contributed by atoms with Crippen LogP contribution < -0.4 is 10.6 Å². The van der Waals surface area contributed by atoms with Gasteiger partial charge in [-0.1, -0.05) is 36.4 Å². The summed E-state index contributed by atoms with van der Waals surface area (Å²) in [6.45, 7) is 0.347. The van der Waals surface area contributed by atoms with Crippen molar-refractivity contribution in [3.8, 4) is 0 Å². The van der Waals surface area contributed by atoms with Crippen molar-refractivity contribution in [2.75, 3.05) is 0 Å². The van der Waals surface area contributed by atoms with Crippen molar-refractivity contribution >= 4 is 11.7 Å². The van der Waals surface area contributed by atoms with Gasteiger partial charge in [0.15, 0.2) is 11.5 Å². The molecule has 1 saturated carbocycles. The highest BCUT2D eigenvalue weighted by Crippen LogP contribution is 2.40. The van der Waals surface area contributed by atoms with Crippen molar-refractivity contribution in [3.63, 3.8) is 0 Å². The summed E-state index contributed by atoms with van der Waals surface area (Å²) in [5, 5.41) is 14.0. The first-order valence-electron chi connectivity index (χ1n) is 7.69. The molecule has 1 fully saturated rings. The van der Waals surface area contributed by atoms with E-state index in [2.05, 4.69) is 33.0 Å². The Morgan fingerprint density at radius 3 is 2.83 bits per heavy atom. The van der Waals surface area contributed by atoms with Crippen molar-refractivity contribution in [3.05, 3.63) is 66.1 Å². The molecule has 2 atom stereocenters. The number of rotatable bonds is 4. The highest BCUT2D eigenvalue weighted by atomic mass is 16.2. The Labute approximate surface area is 133 Å². The van der Waals surface area contributed by atoms with Gasteiger partial charge in [0.2, 0.25) is 0 Å². The SMILES string of the molecule is O=C(NCc1nnc2ccccn12)N[C@H]1C[C@H]1c1ccccc1. The first-order valence-corrected chi connectivity index (χ1v) is 7.69. The maximum absolute atomic E-state index is 12.0. The molecule has 116 valence electrons. The molecule has 0 saturated heterocycles. The van der Waals surface area contributed by atoms with Gasteiger partial charge in [-0.3, -0.25) is 4.40 Å². The molecule has 0 bridgehead atoms. The van der Waals surface area contributed by atoms with Gasteiger partial charge in [-0.2, -0.15) is 0 Å². The van der Waals surface area contributed by atoms with Crippen LogP contribution in [0.1, 0.15) is 23.7 Å². The Balaban J connectivity index is 1.31. The van der Waals surface area contributed by atoms with Crippen LogP contribution in [0.15, 0.2) is 54.7 Å². The van der Waals surface area contributed by atoms with Gasteiger partial charge < -0.3 is 10.6 Å². The summed E-state index contributed by atoms with van der Waals surface area (Å²) in [5.41, 5.74) is 2.05. The summed E-state index contributed by atoms with van der Waals surface area (Å²) in [6, 6.07) is 16.0. The molecule has 6 heteroatoms. The topological polar surface area (TPSA) is 71.3 Å². The van der Waals surface area contributed by atoms with E-state index >= 15 is 0 Å². The number of pyridine rings is 1. The van der Waals surface area contributed by atoms with E-state index < -0.39 is 0 Å². The summed E-state index contributed by atoms with van der Waals surface area (Å²) in [7, 11) is 0. The lowest BCUT2D eigenvalue weighted by Gasteiger charge is -2.06. The number of aromatic nitrogens is 3. The predicted molar refractivity (Wildman–Crippen MR) is 85.9 cm³/mol. The Kier molecular flexibility index (Phi) is 3.42. The van der Waals surface area contributed by atoms with Gasteiger partial charge in [0, 0.05) is 18.2 Å². The molecule has 1 aromatic carbocycles. The largest absolute Gasteiger partial charge is 0.335 e. The molecule has 0 unspecified atom stereocenters. The van der Waals surface area contributed by atoms with Crippen molar-refractivity contribution in [2.45, 2.75) is 24.9 Å². The van der Waals surface area contributed by atoms with Crippen LogP contribution in [0, 0.1) is 0 Å². The molecule has 3 aromatic rings. The fraction of sp³-hybridized carbons (Fsp3) is 0.235. The maximum atomic E-state index is 12.0. The average Bonchev–Trinajstić information content (AvgIpc) is 3.23. The third-order valence-electron chi connectivity index (χ3n) is 4.13. The van der Waals surface area contributed by atoms with Crippen LogP contribution >= 0.6 is 0 Å². The molecule has 2 heterocycles. The van der Waals surface area contributed by atoms with E-state index in [0.29, 0.717) is 18.3 Å². The molecule has 1 aliphatic carbocycles. The number of hydrogen-bond acceptors (Lipinski definition) is 3. The number of fused-ring (bicyclic) bond motifs is 1. The Morgan fingerprint density at radius 1 is 1.13 bits per heavy atom. The number of benzene rings is 1. The second-order valence-electron chi connectivity index (χ2n) is 5.73. The molecule has 4 rings (SSSR count). The summed E-state index contributed by atoms with van der Waals surface area (Å²) in [6.07, 6.45) is 2.88. The number of amides is 2. The molecule has 0 spiro atoms. The smallest absolute Gasteiger partial charge is 0.315 e. The molecule has 1 aliphatic rings. The zero-order chi connectivity index (χ0) is 15.6. The highest BCUT2D eigenvalue weighted by molar-refractivity contribution is 5.74. The molecule has 6 nitrogen and oxygen atoms in total. The summed E-state index contributed by atoms with van der Waals surface area (Å²) >= 11 is 0. The van der Waals surface area contributed by atoms with Crippen molar-refractivity contribution in [1.82, 2.24) is 25.2 Å². The minimum Gasteiger partial charge on any atom is -0.335 e. The summed E-state index contributed by atoms with van der Waals surface area (Å²) < 4.78 is 1.87. The van der Waals surface area contributed by atoms with E-state index in [1.54, 1.807) is 0 Å². The third-order valence-corrected chi connectivity index (χ3v) is 4.13. The standard InChI is InChI=1S/C17H17N5O/c23-17(19-14-10-13(14)12-6-2-1-3-7-12)18-11-16-21-20-15-8-4-5-9-22(15)16/h1-9,13-14H,10-11H2,(H2,18,19,23)/t13-,14-/m0/s1. The van der Waals surface area contributed by atoms with Gasteiger partial charge in [0.25, 0.3) is 0 Å². The van der Waals surface area contributed by atoms with Gasteiger partial charge in [0.1, 0.15) is 0 Å². The quantitative estimate of drug-likeness (QED) is 0.775. The average molecular weight is 307 g/mol. The number of carbonyl (C=O) groups is 1. The van der Waals surface area contributed by atoms with E-state index in [4.69, 9.17) is 0 Å². The minimum atomic E-state index is -0.166. The lowest BCUT2D eigenvalue weighted by molar-refractivity contribution is 0.239. The lowest BCUT2D eigenvalue weighted by atomic mass is 10.1. The van der Waals surface area contributed by atoms with E-state index in [0.717, 1.165) is 12.1 Å². The minimum absolute atomic E-state index is 0.166. The van der Waals surface area contributed by atoms with Crippen LogP contribution in [0.3, 0.4) is 0 Å². The molecule has 0 radical (unpaired) electrons. The number of nitrogens with one attached hydrogen (secondary N) is 2. The fourth-order valence-corrected chi connectivity index (χ4v) is 2.81. The van der Waals surface area contributed by atoms with Gasteiger partial charge in [0.05, 0.1) is 6.54 Å². The van der Waals surface area contributed by atoms with Crippen molar-refractivity contribution < 1.29 is 4.79 Å².